The second-order valence-electron chi connectivity index (χ2n) is 6.88. The van der Waals surface area contributed by atoms with Crippen LogP contribution in [0.15, 0.2) is 107 Å². The van der Waals surface area contributed by atoms with Gasteiger partial charge < -0.3 is 9.47 Å². The Morgan fingerprint density at radius 2 is 0.897 bits per heavy atom. The fourth-order valence-electron chi connectivity index (χ4n) is 2.92. The lowest BCUT2D eigenvalue weighted by atomic mass is 10.2. The highest BCUT2D eigenvalue weighted by atomic mass is 32.2. The molecular weight excluding hydrogens is 376 g/mol. The molecule has 144 valence electrons. The van der Waals surface area contributed by atoms with Gasteiger partial charge in [-0.05, 0) is 97.8 Å². The molecule has 3 heteroatoms. The summed E-state index contributed by atoms with van der Waals surface area (Å²) in [6.45, 7) is 4.12. The Labute approximate surface area is 176 Å². The minimum Gasteiger partial charge on any atom is -0.457 e. The molecule has 0 unspecified atom stereocenters. The van der Waals surface area contributed by atoms with Crippen molar-refractivity contribution in [1.82, 2.24) is 0 Å². The van der Waals surface area contributed by atoms with Crippen molar-refractivity contribution in [3.05, 3.63) is 108 Å². The third-order valence-electron chi connectivity index (χ3n) is 4.33. The van der Waals surface area contributed by atoms with Gasteiger partial charge in [-0.3, -0.25) is 0 Å². The van der Waals surface area contributed by atoms with E-state index in [4.69, 9.17) is 9.47 Å². The molecule has 0 aliphatic heterocycles. The van der Waals surface area contributed by atoms with Crippen LogP contribution >= 0.6 is 11.8 Å². The molecule has 0 heterocycles. The van der Waals surface area contributed by atoms with Crippen molar-refractivity contribution in [3.63, 3.8) is 0 Å². The molecule has 0 aromatic heterocycles. The Balaban J connectivity index is 1.37. The van der Waals surface area contributed by atoms with Crippen LogP contribution in [0.5, 0.6) is 23.0 Å². The van der Waals surface area contributed by atoms with Crippen LogP contribution in [-0.4, -0.2) is 0 Å². The highest BCUT2D eigenvalue weighted by Gasteiger charge is 2.02. The molecule has 0 atom stereocenters. The van der Waals surface area contributed by atoms with Crippen molar-refractivity contribution in [3.8, 4) is 23.0 Å². The summed E-state index contributed by atoms with van der Waals surface area (Å²) in [5.74, 6) is 3.38. The van der Waals surface area contributed by atoms with Crippen molar-refractivity contribution >= 4 is 11.8 Å². The number of hydrogen-bond acceptors (Lipinski definition) is 3. The molecule has 4 aromatic carbocycles. The maximum Gasteiger partial charge on any atom is 0.127 e. The van der Waals surface area contributed by atoms with Gasteiger partial charge in [-0.1, -0.05) is 36.0 Å². The van der Waals surface area contributed by atoms with Gasteiger partial charge in [-0.2, -0.15) is 0 Å². The standard InChI is InChI=1S/C26H22O2S/c1-19-5-3-7-23(17-19)27-21-9-13-25(14-10-21)29-26-15-11-22(12-16-26)28-24-8-4-6-20(2)18-24/h3-18H,1-2H3. The van der Waals surface area contributed by atoms with E-state index in [1.165, 1.54) is 11.1 Å². The summed E-state index contributed by atoms with van der Waals surface area (Å²) >= 11 is 1.71. The predicted molar refractivity (Wildman–Crippen MR) is 120 cm³/mol. The van der Waals surface area contributed by atoms with Gasteiger partial charge in [0.1, 0.15) is 23.0 Å². The summed E-state index contributed by atoms with van der Waals surface area (Å²) in [6, 6.07) is 32.4. The molecule has 0 aliphatic carbocycles. The van der Waals surface area contributed by atoms with Crippen molar-refractivity contribution in [2.75, 3.05) is 0 Å². The topological polar surface area (TPSA) is 18.5 Å². The first-order chi connectivity index (χ1) is 14.1. The largest absolute Gasteiger partial charge is 0.457 e. The van der Waals surface area contributed by atoms with E-state index in [-0.39, 0.29) is 0 Å². The van der Waals surface area contributed by atoms with E-state index in [2.05, 4.69) is 50.2 Å². The predicted octanol–water partition coefficient (Wildman–Crippen LogP) is 8.04. The van der Waals surface area contributed by atoms with E-state index < -0.39 is 0 Å². The van der Waals surface area contributed by atoms with Crippen LogP contribution in [0.2, 0.25) is 0 Å². The summed E-state index contributed by atoms with van der Waals surface area (Å²) < 4.78 is 11.8. The Morgan fingerprint density at radius 3 is 1.28 bits per heavy atom. The first-order valence-electron chi connectivity index (χ1n) is 9.51. The normalized spacial score (nSPS) is 10.6. The van der Waals surface area contributed by atoms with Gasteiger partial charge in [0.05, 0.1) is 0 Å². The summed E-state index contributed by atoms with van der Waals surface area (Å²) in [6.07, 6.45) is 0. The molecule has 0 aliphatic rings. The molecule has 0 saturated carbocycles. The molecule has 0 amide bonds. The number of rotatable bonds is 6. The molecule has 4 rings (SSSR count). The highest BCUT2D eigenvalue weighted by Crippen LogP contribution is 2.32. The van der Waals surface area contributed by atoms with Crippen LogP contribution in [0.25, 0.3) is 0 Å². The Morgan fingerprint density at radius 1 is 0.483 bits per heavy atom. The average molecular weight is 399 g/mol. The van der Waals surface area contributed by atoms with Crippen LogP contribution in [0.3, 0.4) is 0 Å². The van der Waals surface area contributed by atoms with Crippen LogP contribution in [0.1, 0.15) is 11.1 Å². The molecule has 0 bridgehead atoms. The molecule has 29 heavy (non-hydrogen) atoms. The van der Waals surface area contributed by atoms with Gasteiger partial charge in [0, 0.05) is 9.79 Å². The smallest absolute Gasteiger partial charge is 0.127 e. The number of benzene rings is 4. The van der Waals surface area contributed by atoms with Crippen LogP contribution in [0.4, 0.5) is 0 Å². The third-order valence-corrected chi connectivity index (χ3v) is 5.35. The minimum absolute atomic E-state index is 0.835. The van der Waals surface area contributed by atoms with Crippen molar-refractivity contribution in [2.24, 2.45) is 0 Å². The average Bonchev–Trinajstić information content (AvgIpc) is 2.71. The summed E-state index contributed by atoms with van der Waals surface area (Å²) in [7, 11) is 0. The molecule has 4 aromatic rings. The van der Waals surface area contributed by atoms with E-state index >= 15 is 0 Å². The van der Waals surface area contributed by atoms with Gasteiger partial charge in [0.25, 0.3) is 0 Å². The van der Waals surface area contributed by atoms with E-state index in [0.717, 1.165) is 32.8 Å². The second kappa shape index (κ2) is 8.89. The number of hydrogen-bond donors (Lipinski definition) is 0. The SMILES string of the molecule is Cc1cccc(Oc2ccc(Sc3ccc(Oc4cccc(C)c4)cc3)cc2)c1. The fraction of sp³-hybridized carbons (Fsp3) is 0.0769. The quantitative estimate of drug-likeness (QED) is 0.327. The van der Waals surface area contributed by atoms with Crippen molar-refractivity contribution < 1.29 is 9.47 Å². The summed E-state index contributed by atoms with van der Waals surface area (Å²) in [5, 5.41) is 0. The van der Waals surface area contributed by atoms with E-state index in [1.807, 2.05) is 60.7 Å². The maximum atomic E-state index is 5.92. The van der Waals surface area contributed by atoms with Gasteiger partial charge in [0.15, 0.2) is 0 Å². The molecule has 2 nitrogen and oxygen atoms in total. The Bertz CT molecular complexity index is 997. The lowest BCUT2D eigenvalue weighted by Crippen LogP contribution is -1.85. The van der Waals surface area contributed by atoms with Crippen molar-refractivity contribution in [1.29, 1.82) is 0 Å². The molecule has 0 saturated heterocycles. The van der Waals surface area contributed by atoms with E-state index in [9.17, 15) is 0 Å². The van der Waals surface area contributed by atoms with Crippen LogP contribution < -0.4 is 9.47 Å². The molecular formula is C26H22O2S. The van der Waals surface area contributed by atoms with Gasteiger partial charge in [-0.25, -0.2) is 0 Å². The second-order valence-corrected chi connectivity index (χ2v) is 8.03. The van der Waals surface area contributed by atoms with E-state index in [0.29, 0.717) is 0 Å². The molecule has 0 spiro atoms. The maximum absolute atomic E-state index is 5.92. The van der Waals surface area contributed by atoms with Gasteiger partial charge in [-0.15, -0.1) is 0 Å². The van der Waals surface area contributed by atoms with Gasteiger partial charge in [0.2, 0.25) is 0 Å². The van der Waals surface area contributed by atoms with Crippen molar-refractivity contribution in [2.45, 2.75) is 23.6 Å². The lowest BCUT2D eigenvalue weighted by Gasteiger charge is -2.09. The zero-order valence-electron chi connectivity index (χ0n) is 16.5. The zero-order chi connectivity index (χ0) is 20.1. The Kier molecular flexibility index (Phi) is 5.87. The molecule has 0 fully saturated rings. The summed E-state index contributed by atoms with van der Waals surface area (Å²) in [4.78, 5) is 2.32. The Hall–Kier alpha value is -3.17. The number of aryl methyl sites for hydroxylation is 2. The third kappa shape index (κ3) is 5.43. The van der Waals surface area contributed by atoms with Crippen LogP contribution in [-0.2, 0) is 0 Å². The molecule has 0 radical (unpaired) electrons. The van der Waals surface area contributed by atoms with Gasteiger partial charge >= 0.3 is 0 Å². The summed E-state index contributed by atoms with van der Waals surface area (Å²) in [5.41, 5.74) is 2.37. The van der Waals surface area contributed by atoms with Crippen LogP contribution in [0, 0.1) is 13.8 Å². The minimum atomic E-state index is 0.835. The molecule has 0 N–H and O–H groups in total. The number of ether oxygens (including phenoxy) is 2. The first-order valence-corrected chi connectivity index (χ1v) is 10.3. The lowest BCUT2D eigenvalue weighted by molar-refractivity contribution is 0.481. The monoisotopic (exact) mass is 398 g/mol. The van der Waals surface area contributed by atoms with E-state index in [1.54, 1.807) is 11.8 Å². The zero-order valence-corrected chi connectivity index (χ0v) is 17.3. The first kappa shape index (κ1) is 19.2. The highest BCUT2D eigenvalue weighted by molar-refractivity contribution is 7.99. The fourth-order valence-corrected chi connectivity index (χ4v) is 3.73.